The number of nitrogens with zero attached hydrogens (tertiary/aromatic N) is 1. The lowest BCUT2D eigenvalue weighted by Crippen LogP contribution is -2.30. The molecule has 0 unspecified atom stereocenters. The van der Waals surface area contributed by atoms with E-state index in [9.17, 15) is 9.59 Å². The van der Waals surface area contributed by atoms with Gasteiger partial charge in [0.15, 0.2) is 0 Å². The molecule has 1 N–H and O–H groups in total. The third kappa shape index (κ3) is 3.76. The molecule has 0 fully saturated rings. The standard InChI is InChI=1S/C11H16N2O3/c1-13(10(14)7-11(15)16-2)6-4-9-3-5-12-8-9/h3,5,8,12H,4,6-7H2,1-2H3. The van der Waals surface area contributed by atoms with Gasteiger partial charge in [0.25, 0.3) is 0 Å². The van der Waals surface area contributed by atoms with E-state index in [0.29, 0.717) is 6.54 Å². The maximum Gasteiger partial charge on any atom is 0.315 e. The Labute approximate surface area is 94.4 Å². The SMILES string of the molecule is COC(=O)CC(=O)N(C)CCc1cc[nH]c1. The molecule has 16 heavy (non-hydrogen) atoms. The van der Waals surface area contributed by atoms with Crippen LogP contribution in [-0.4, -0.2) is 42.5 Å². The van der Waals surface area contributed by atoms with Crippen LogP contribution < -0.4 is 0 Å². The second kappa shape index (κ2) is 5.95. The van der Waals surface area contributed by atoms with Gasteiger partial charge in [0, 0.05) is 26.0 Å². The van der Waals surface area contributed by atoms with Crippen LogP contribution in [0.25, 0.3) is 0 Å². The van der Waals surface area contributed by atoms with Crippen molar-refractivity contribution in [3.8, 4) is 0 Å². The van der Waals surface area contributed by atoms with Gasteiger partial charge in [0.05, 0.1) is 7.11 Å². The van der Waals surface area contributed by atoms with Gasteiger partial charge in [-0.2, -0.15) is 0 Å². The fraction of sp³-hybridized carbons (Fsp3) is 0.455. The molecule has 1 heterocycles. The van der Waals surface area contributed by atoms with Crippen LogP contribution in [0.4, 0.5) is 0 Å². The molecule has 0 radical (unpaired) electrons. The highest BCUT2D eigenvalue weighted by Crippen LogP contribution is 2.00. The molecule has 1 rings (SSSR count). The number of ether oxygens (including phenoxy) is 1. The molecular weight excluding hydrogens is 208 g/mol. The highest BCUT2D eigenvalue weighted by atomic mass is 16.5. The molecule has 88 valence electrons. The van der Waals surface area contributed by atoms with Crippen molar-refractivity contribution in [2.75, 3.05) is 20.7 Å². The molecule has 1 aromatic rings. The first-order valence-electron chi connectivity index (χ1n) is 5.06. The molecule has 0 bridgehead atoms. The highest BCUT2D eigenvalue weighted by Gasteiger charge is 2.13. The first kappa shape index (κ1) is 12.3. The van der Waals surface area contributed by atoms with E-state index in [1.165, 1.54) is 12.0 Å². The van der Waals surface area contributed by atoms with Crippen molar-refractivity contribution < 1.29 is 14.3 Å². The molecule has 0 aliphatic rings. The largest absolute Gasteiger partial charge is 0.469 e. The van der Waals surface area contributed by atoms with Crippen LogP contribution in [0.1, 0.15) is 12.0 Å². The minimum atomic E-state index is -0.501. The normalized spacial score (nSPS) is 9.88. The number of hydrogen-bond donors (Lipinski definition) is 1. The van der Waals surface area contributed by atoms with Crippen molar-refractivity contribution in [3.05, 3.63) is 24.0 Å². The lowest BCUT2D eigenvalue weighted by atomic mass is 10.2. The Balaban J connectivity index is 2.31. The molecular formula is C11H16N2O3. The number of nitrogens with one attached hydrogen (secondary N) is 1. The van der Waals surface area contributed by atoms with E-state index in [1.54, 1.807) is 7.05 Å². The number of aromatic amines is 1. The summed E-state index contributed by atoms with van der Waals surface area (Å²) in [6, 6.07) is 1.96. The van der Waals surface area contributed by atoms with Gasteiger partial charge < -0.3 is 14.6 Å². The van der Waals surface area contributed by atoms with E-state index >= 15 is 0 Å². The van der Waals surface area contributed by atoms with Crippen molar-refractivity contribution in [2.24, 2.45) is 0 Å². The third-order valence-electron chi connectivity index (χ3n) is 2.35. The van der Waals surface area contributed by atoms with Crippen molar-refractivity contribution in [1.29, 1.82) is 0 Å². The number of methoxy groups -OCH3 is 1. The molecule has 0 saturated carbocycles. The summed E-state index contributed by atoms with van der Waals surface area (Å²) in [5.74, 6) is -0.721. The van der Waals surface area contributed by atoms with Crippen molar-refractivity contribution in [2.45, 2.75) is 12.8 Å². The fourth-order valence-corrected chi connectivity index (χ4v) is 1.27. The van der Waals surface area contributed by atoms with E-state index in [0.717, 1.165) is 12.0 Å². The summed E-state index contributed by atoms with van der Waals surface area (Å²) in [6.07, 6.45) is 4.30. The zero-order valence-electron chi connectivity index (χ0n) is 9.53. The van der Waals surface area contributed by atoms with E-state index in [1.807, 2.05) is 18.5 Å². The molecule has 0 aromatic carbocycles. The van der Waals surface area contributed by atoms with Gasteiger partial charge in [-0.05, 0) is 18.1 Å². The van der Waals surface area contributed by atoms with Gasteiger partial charge in [0.1, 0.15) is 6.42 Å². The van der Waals surface area contributed by atoms with Gasteiger partial charge in [-0.1, -0.05) is 0 Å². The average molecular weight is 224 g/mol. The van der Waals surface area contributed by atoms with Crippen molar-refractivity contribution in [3.63, 3.8) is 0 Å². The number of aromatic nitrogens is 1. The maximum atomic E-state index is 11.5. The molecule has 5 nitrogen and oxygen atoms in total. The Hall–Kier alpha value is -1.78. The Morgan fingerprint density at radius 2 is 2.25 bits per heavy atom. The summed E-state index contributed by atoms with van der Waals surface area (Å²) < 4.78 is 4.43. The summed E-state index contributed by atoms with van der Waals surface area (Å²) >= 11 is 0. The number of amides is 1. The van der Waals surface area contributed by atoms with Crippen molar-refractivity contribution >= 4 is 11.9 Å². The summed E-state index contributed by atoms with van der Waals surface area (Å²) in [5, 5.41) is 0. The number of hydrogen-bond acceptors (Lipinski definition) is 3. The first-order valence-corrected chi connectivity index (χ1v) is 5.06. The third-order valence-corrected chi connectivity index (χ3v) is 2.35. The van der Waals surface area contributed by atoms with Gasteiger partial charge >= 0.3 is 5.97 Å². The second-order valence-corrected chi connectivity index (χ2v) is 3.54. The van der Waals surface area contributed by atoms with Crippen LogP contribution in [0, 0.1) is 0 Å². The number of esters is 1. The van der Waals surface area contributed by atoms with E-state index in [2.05, 4.69) is 9.72 Å². The Kier molecular flexibility index (Phi) is 4.57. The molecule has 5 heteroatoms. The smallest absolute Gasteiger partial charge is 0.315 e. The fourth-order valence-electron chi connectivity index (χ4n) is 1.27. The molecule has 0 atom stereocenters. The lowest BCUT2D eigenvalue weighted by Gasteiger charge is -2.15. The van der Waals surface area contributed by atoms with Gasteiger partial charge in [0.2, 0.25) is 5.91 Å². The average Bonchev–Trinajstić information content (AvgIpc) is 2.78. The Morgan fingerprint density at radius 3 is 2.81 bits per heavy atom. The summed E-state index contributed by atoms with van der Waals surface area (Å²) in [5.41, 5.74) is 1.14. The number of rotatable bonds is 5. The second-order valence-electron chi connectivity index (χ2n) is 3.54. The molecule has 1 aromatic heterocycles. The van der Waals surface area contributed by atoms with Gasteiger partial charge in [-0.3, -0.25) is 9.59 Å². The molecule has 1 amide bonds. The number of H-pyrrole nitrogens is 1. The number of carbonyl (C=O) groups is 2. The van der Waals surface area contributed by atoms with Crippen LogP contribution in [0.2, 0.25) is 0 Å². The van der Waals surface area contributed by atoms with Crippen LogP contribution in [0.5, 0.6) is 0 Å². The van der Waals surface area contributed by atoms with Crippen LogP contribution in [0.15, 0.2) is 18.5 Å². The zero-order chi connectivity index (χ0) is 12.0. The molecule has 0 spiro atoms. The minimum Gasteiger partial charge on any atom is -0.469 e. The lowest BCUT2D eigenvalue weighted by molar-refractivity contribution is -0.146. The van der Waals surface area contributed by atoms with E-state index < -0.39 is 5.97 Å². The van der Waals surface area contributed by atoms with Crippen LogP contribution in [-0.2, 0) is 20.7 Å². The number of likely N-dealkylation sites (N-methyl/N-ethyl adjacent to an activating group) is 1. The van der Waals surface area contributed by atoms with E-state index in [4.69, 9.17) is 0 Å². The summed E-state index contributed by atoms with van der Waals surface area (Å²) in [4.78, 5) is 26.9. The predicted molar refractivity (Wildman–Crippen MR) is 58.8 cm³/mol. The highest BCUT2D eigenvalue weighted by molar-refractivity contribution is 5.94. The van der Waals surface area contributed by atoms with Gasteiger partial charge in [-0.25, -0.2) is 0 Å². The van der Waals surface area contributed by atoms with Crippen LogP contribution >= 0.6 is 0 Å². The zero-order valence-corrected chi connectivity index (χ0v) is 9.53. The Morgan fingerprint density at radius 1 is 1.50 bits per heavy atom. The quantitative estimate of drug-likeness (QED) is 0.587. The molecule has 0 saturated heterocycles. The van der Waals surface area contributed by atoms with E-state index in [-0.39, 0.29) is 12.3 Å². The first-order chi connectivity index (χ1) is 7.63. The maximum absolute atomic E-state index is 11.5. The Bertz CT molecular complexity index is 346. The van der Waals surface area contributed by atoms with Gasteiger partial charge in [-0.15, -0.1) is 0 Å². The topological polar surface area (TPSA) is 62.4 Å². The minimum absolute atomic E-state index is 0.194. The summed E-state index contributed by atoms with van der Waals surface area (Å²) in [7, 11) is 2.95. The van der Waals surface area contributed by atoms with Crippen LogP contribution in [0.3, 0.4) is 0 Å². The molecule has 0 aliphatic carbocycles. The number of carbonyl (C=O) groups excluding carboxylic acids is 2. The molecule has 0 aliphatic heterocycles. The summed E-state index contributed by atoms with van der Waals surface area (Å²) in [6.45, 7) is 0.591. The van der Waals surface area contributed by atoms with Crippen molar-refractivity contribution in [1.82, 2.24) is 9.88 Å². The predicted octanol–water partition coefficient (Wildman–Crippen LogP) is 0.579. The monoisotopic (exact) mass is 224 g/mol.